The van der Waals surface area contributed by atoms with Crippen LogP contribution in [0.2, 0.25) is 0 Å². The minimum atomic E-state index is -2.99. The highest BCUT2D eigenvalue weighted by atomic mass is 32.2. The van der Waals surface area contributed by atoms with Gasteiger partial charge in [-0.25, -0.2) is 8.42 Å². The van der Waals surface area contributed by atoms with Gasteiger partial charge in [-0.3, -0.25) is 20.2 Å². The van der Waals surface area contributed by atoms with Crippen molar-refractivity contribution in [1.29, 1.82) is 0 Å². The van der Waals surface area contributed by atoms with Crippen LogP contribution in [0.4, 0.5) is 11.4 Å². The smallest absolute Gasteiger partial charge is 0.271 e. The number of hydrogen-bond donors (Lipinski definition) is 1. The van der Waals surface area contributed by atoms with Gasteiger partial charge in [0.05, 0.1) is 40.1 Å². The summed E-state index contributed by atoms with van der Waals surface area (Å²) >= 11 is 0. The van der Waals surface area contributed by atoms with Crippen LogP contribution in [0, 0.1) is 24.0 Å². The number of nitrogens with zero attached hydrogens (tertiary/aromatic N) is 4. The molecule has 1 N–H and O–H groups in total. The lowest BCUT2D eigenvalue weighted by Crippen LogP contribution is -2.14. The van der Waals surface area contributed by atoms with Crippen LogP contribution in [0.5, 0.6) is 0 Å². The zero-order valence-corrected chi connectivity index (χ0v) is 15.2. The van der Waals surface area contributed by atoms with E-state index in [-0.39, 0.29) is 23.2 Å². The van der Waals surface area contributed by atoms with Gasteiger partial charge in [0.15, 0.2) is 9.84 Å². The molecule has 138 valence electrons. The van der Waals surface area contributed by atoms with E-state index >= 15 is 0 Å². The number of nitro benzene ring substituents is 1. The Kier molecular flexibility index (Phi) is 4.77. The molecule has 0 radical (unpaired) electrons. The molecule has 1 aromatic carbocycles. The van der Waals surface area contributed by atoms with Crippen LogP contribution < -0.4 is 5.43 Å². The first-order valence-electron chi connectivity index (χ1n) is 8.06. The SMILES string of the molecule is Cc1nn([C@@H]2CCS(=O)(=O)C2)c(C)c1/C=N\Nc1cccc([N+](=O)[O-])c1. The number of hydrazone groups is 1. The second-order valence-electron chi connectivity index (χ2n) is 6.26. The fourth-order valence-electron chi connectivity index (χ4n) is 3.05. The lowest BCUT2D eigenvalue weighted by molar-refractivity contribution is -0.384. The molecule has 1 saturated heterocycles. The van der Waals surface area contributed by atoms with Crippen LogP contribution in [0.25, 0.3) is 0 Å². The average molecular weight is 377 g/mol. The molecule has 0 bridgehead atoms. The first-order chi connectivity index (χ1) is 12.3. The highest BCUT2D eigenvalue weighted by Crippen LogP contribution is 2.26. The highest BCUT2D eigenvalue weighted by molar-refractivity contribution is 7.91. The van der Waals surface area contributed by atoms with Gasteiger partial charge in [0.2, 0.25) is 0 Å². The van der Waals surface area contributed by atoms with E-state index in [4.69, 9.17) is 0 Å². The summed E-state index contributed by atoms with van der Waals surface area (Å²) in [6.45, 7) is 3.71. The standard InChI is InChI=1S/C16H19N5O4S/c1-11-16(9-17-18-13-4-3-5-14(8-13)21(22)23)12(2)20(19-11)15-6-7-26(24,25)10-15/h3-5,8-9,15,18H,6-7,10H2,1-2H3/b17-9-/t15-/m1/s1. The maximum absolute atomic E-state index is 11.7. The lowest BCUT2D eigenvalue weighted by Gasteiger charge is -2.10. The van der Waals surface area contributed by atoms with Gasteiger partial charge in [0, 0.05) is 23.4 Å². The van der Waals surface area contributed by atoms with E-state index < -0.39 is 14.8 Å². The van der Waals surface area contributed by atoms with E-state index in [1.54, 1.807) is 23.0 Å². The number of rotatable bonds is 5. The van der Waals surface area contributed by atoms with Crippen LogP contribution >= 0.6 is 0 Å². The third-order valence-corrected chi connectivity index (χ3v) is 6.13. The molecule has 0 aliphatic carbocycles. The van der Waals surface area contributed by atoms with Crippen LogP contribution in [0.1, 0.15) is 29.4 Å². The maximum atomic E-state index is 11.7. The normalized spacial score (nSPS) is 19.1. The summed E-state index contributed by atoms with van der Waals surface area (Å²) in [5.41, 5.74) is 5.63. The summed E-state index contributed by atoms with van der Waals surface area (Å²) in [4.78, 5) is 10.3. The molecule has 1 aromatic heterocycles. The van der Waals surface area contributed by atoms with Gasteiger partial charge in [-0.2, -0.15) is 10.2 Å². The molecule has 3 rings (SSSR count). The molecule has 26 heavy (non-hydrogen) atoms. The van der Waals surface area contributed by atoms with Crippen LogP contribution in [-0.2, 0) is 9.84 Å². The summed E-state index contributed by atoms with van der Waals surface area (Å²) in [5.74, 6) is 0.297. The largest absolute Gasteiger partial charge is 0.278 e. The first-order valence-corrected chi connectivity index (χ1v) is 9.88. The monoisotopic (exact) mass is 377 g/mol. The molecule has 9 nitrogen and oxygen atoms in total. The maximum Gasteiger partial charge on any atom is 0.271 e. The van der Waals surface area contributed by atoms with Crippen molar-refractivity contribution in [3.05, 3.63) is 51.3 Å². The van der Waals surface area contributed by atoms with E-state index in [9.17, 15) is 18.5 Å². The summed E-state index contributed by atoms with van der Waals surface area (Å²) in [6.07, 6.45) is 2.16. The number of aryl methyl sites for hydroxylation is 1. The van der Waals surface area contributed by atoms with Gasteiger partial charge in [-0.1, -0.05) is 6.07 Å². The van der Waals surface area contributed by atoms with Crippen LogP contribution in [-0.4, -0.2) is 40.8 Å². The predicted octanol–water partition coefficient (Wildman–Crippen LogP) is 2.21. The number of nitro groups is 1. The van der Waals surface area contributed by atoms with Crippen molar-refractivity contribution in [3.63, 3.8) is 0 Å². The zero-order valence-electron chi connectivity index (χ0n) is 14.4. The Balaban J connectivity index is 1.77. The molecule has 10 heteroatoms. The van der Waals surface area contributed by atoms with Crippen molar-refractivity contribution in [2.24, 2.45) is 5.10 Å². The molecule has 2 heterocycles. The number of non-ortho nitro benzene ring substituents is 1. The van der Waals surface area contributed by atoms with E-state index in [1.165, 1.54) is 12.1 Å². The van der Waals surface area contributed by atoms with Gasteiger partial charge in [0.25, 0.3) is 5.69 Å². The van der Waals surface area contributed by atoms with E-state index in [0.717, 1.165) is 17.0 Å². The van der Waals surface area contributed by atoms with Crippen molar-refractivity contribution in [2.75, 3.05) is 16.9 Å². The van der Waals surface area contributed by atoms with Crippen molar-refractivity contribution in [3.8, 4) is 0 Å². The fraction of sp³-hybridized carbons (Fsp3) is 0.375. The molecule has 0 saturated carbocycles. The van der Waals surface area contributed by atoms with Crippen LogP contribution in [0.15, 0.2) is 29.4 Å². The molecule has 2 aromatic rings. The molecule has 1 aliphatic heterocycles. The molecule has 1 atom stereocenters. The van der Waals surface area contributed by atoms with Crippen molar-refractivity contribution >= 4 is 27.4 Å². The Labute approximate surface area is 150 Å². The molecule has 0 spiro atoms. The lowest BCUT2D eigenvalue weighted by atomic mass is 10.2. The minimum Gasteiger partial charge on any atom is -0.278 e. The van der Waals surface area contributed by atoms with Gasteiger partial charge < -0.3 is 0 Å². The average Bonchev–Trinajstić information content (AvgIpc) is 3.08. The minimum absolute atomic E-state index is 0.0205. The second kappa shape index (κ2) is 6.87. The van der Waals surface area contributed by atoms with E-state index in [2.05, 4.69) is 15.6 Å². The quantitative estimate of drug-likeness (QED) is 0.485. The molecule has 0 amide bonds. The fourth-order valence-corrected chi connectivity index (χ4v) is 4.74. The van der Waals surface area contributed by atoms with E-state index in [0.29, 0.717) is 12.1 Å². The molecule has 1 fully saturated rings. The summed E-state index contributed by atoms with van der Waals surface area (Å²) in [5, 5.41) is 19.4. The van der Waals surface area contributed by atoms with Crippen molar-refractivity contribution in [1.82, 2.24) is 9.78 Å². The Hall–Kier alpha value is -2.75. The van der Waals surface area contributed by atoms with Gasteiger partial charge in [-0.15, -0.1) is 0 Å². The van der Waals surface area contributed by atoms with E-state index in [1.807, 2.05) is 13.8 Å². The third kappa shape index (κ3) is 3.74. The molecule has 1 aliphatic rings. The Morgan fingerprint density at radius 2 is 2.19 bits per heavy atom. The second-order valence-corrected chi connectivity index (χ2v) is 8.49. The number of benzene rings is 1. The van der Waals surface area contributed by atoms with Gasteiger partial charge in [-0.05, 0) is 26.3 Å². The number of aromatic nitrogens is 2. The Morgan fingerprint density at radius 3 is 2.85 bits per heavy atom. The number of anilines is 1. The topological polar surface area (TPSA) is 119 Å². The zero-order chi connectivity index (χ0) is 18.9. The summed E-state index contributed by atoms with van der Waals surface area (Å²) < 4.78 is 25.2. The van der Waals surface area contributed by atoms with Crippen molar-refractivity contribution < 1.29 is 13.3 Å². The predicted molar refractivity (Wildman–Crippen MR) is 98.3 cm³/mol. The molecular weight excluding hydrogens is 358 g/mol. The van der Waals surface area contributed by atoms with Crippen molar-refractivity contribution in [2.45, 2.75) is 26.3 Å². The number of hydrogen-bond acceptors (Lipinski definition) is 7. The number of sulfone groups is 1. The Bertz CT molecular complexity index is 981. The highest BCUT2D eigenvalue weighted by Gasteiger charge is 2.31. The third-order valence-electron chi connectivity index (χ3n) is 4.38. The summed E-state index contributed by atoms with van der Waals surface area (Å²) in [6, 6.07) is 5.90. The number of nitrogens with one attached hydrogen (secondary N) is 1. The van der Waals surface area contributed by atoms with Gasteiger partial charge in [0.1, 0.15) is 0 Å². The Morgan fingerprint density at radius 1 is 1.42 bits per heavy atom. The molecular formula is C16H19N5O4S. The summed E-state index contributed by atoms with van der Waals surface area (Å²) in [7, 11) is -2.99. The first kappa shape index (κ1) is 18.1. The van der Waals surface area contributed by atoms with Gasteiger partial charge >= 0.3 is 0 Å². The molecule has 0 unspecified atom stereocenters. The van der Waals surface area contributed by atoms with Crippen LogP contribution in [0.3, 0.4) is 0 Å².